The van der Waals surface area contributed by atoms with Gasteiger partial charge in [-0.1, -0.05) is 31.2 Å². The number of methoxy groups -OCH3 is 1. The van der Waals surface area contributed by atoms with Crippen LogP contribution < -0.4 is 5.32 Å². The normalized spacial score (nSPS) is 12.5. The van der Waals surface area contributed by atoms with Crippen molar-refractivity contribution in [1.82, 2.24) is 5.32 Å². The molecule has 2 aromatic rings. The molecule has 2 rings (SSSR count). The summed E-state index contributed by atoms with van der Waals surface area (Å²) in [5, 5.41) is 3.57. The van der Waals surface area contributed by atoms with Gasteiger partial charge in [0.25, 0.3) is 0 Å². The van der Waals surface area contributed by atoms with Crippen molar-refractivity contribution in [3.05, 3.63) is 59.5 Å². The van der Waals surface area contributed by atoms with E-state index in [9.17, 15) is 0 Å². The van der Waals surface area contributed by atoms with E-state index >= 15 is 0 Å². The summed E-state index contributed by atoms with van der Waals surface area (Å²) in [6.07, 6.45) is 5.60. The summed E-state index contributed by atoms with van der Waals surface area (Å²) in [5.74, 6) is 0. The number of hydrogen-bond donors (Lipinski definition) is 1. The van der Waals surface area contributed by atoms with Gasteiger partial charge in [0, 0.05) is 12.7 Å². The first kappa shape index (κ1) is 14.8. The van der Waals surface area contributed by atoms with Gasteiger partial charge in [-0.25, -0.2) is 0 Å². The smallest absolute Gasteiger partial charge is 0.0953 e. The maximum Gasteiger partial charge on any atom is 0.0953 e. The fourth-order valence-corrected chi connectivity index (χ4v) is 2.25. The van der Waals surface area contributed by atoms with Crippen LogP contribution in [0.1, 0.15) is 36.1 Å². The number of ether oxygens (including phenoxy) is 1. The molecular formula is C17H23NO2. The summed E-state index contributed by atoms with van der Waals surface area (Å²) in [6, 6.07) is 10.9. The molecular weight excluding hydrogens is 250 g/mol. The van der Waals surface area contributed by atoms with Crippen LogP contribution in [0.25, 0.3) is 0 Å². The standard InChI is InChI=1S/C17H23NO2/c1-3-10-18-17(16-9-12-20-13-16)15-6-4-14(5-7-15)8-11-19-2/h4-7,9,12-13,17-18H,3,8,10-11H2,1-2H3. The Morgan fingerprint density at radius 2 is 1.95 bits per heavy atom. The molecule has 1 aromatic carbocycles. The van der Waals surface area contributed by atoms with Gasteiger partial charge in [-0.2, -0.15) is 0 Å². The maximum atomic E-state index is 5.22. The maximum absolute atomic E-state index is 5.22. The Labute approximate surface area is 121 Å². The molecule has 0 aliphatic heterocycles. The lowest BCUT2D eigenvalue weighted by molar-refractivity contribution is 0.202. The van der Waals surface area contributed by atoms with Crippen molar-refractivity contribution in [2.75, 3.05) is 20.3 Å². The van der Waals surface area contributed by atoms with Gasteiger partial charge in [-0.15, -0.1) is 0 Å². The summed E-state index contributed by atoms with van der Waals surface area (Å²) in [4.78, 5) is 0. The Bertz CT molecular complexity index is 476. The molecule has 0 radical (unpaired) electrons. The highest BCUT2D eigenvalue weighted by Gasteiger charge is 2.14. The third-order valence-electron chi connectivity index (χ3n) is 3.38. The van der Waals surface area contributed by atoms with E-state index in [0.717, 1.165) is 26.0 Å². The van der Waals surface area contributed by atoms with Gasteiger partial charge < -0.3 is 14.5 Å². The molecule has 0 aliphatic rings. The molecule has 1 heterocycles. The minimum Gasteiger partial charge on any atom is -0.472 e. The second-order valence-corrected chi connectivity index (χ2v) is 4.93. The van der Waals surface area contributed by atoms with Crippen LogP contribution in [0.3, 0.4) is 0 Å². The molecule has 0 saturated carbocycles. The van der Waals surface area contributed by atoms with Crippen LogP contribution in [0.4, 0.5) is 0 Å². The topological polar surface area (TPSA) is 34.4 Å². The summed E-state index contributed by atoms with van der Waals surface area (Å²) in [5.41, 5.74) is 3.74. The Balaban J connectivity index is 2.12. The highest BCUT2D eigenvalue weighted by Crippen LogP contribution is 2.23. The van der Waals surface area contributed by atoms with Gasteiger partial charge in [0.2, 0.25) is 0 Å². The highest BCUT2D eigenvalue weighted by atomic mass is 16.5. The largest absolute Gasteiger partial charge is 0.472 e. The van der Waals surface area contributed by atoms with Gasteiger partial charge in [-0.3, -0.25) is 0 Å². The fourth-order valence-electron chi connectivity index (χ4n) is 2.25. The number of benzene rings is 1. The number of hydrogen-bond acceptors (Lipinski definition) is 3. The van der Waals surface area contributed by atoms with Crippen molar-refractivity contribution in [1.29, 1.82) is 0 Å². The van der Waals surface area contributed by atoms with Crippen LogP contribution in [0.2, 0.25) is 0 Å². The quantitative estimate of drug-likeness (QED) is 0.798. The highest BCUT2D eigenvalue weighted by molar-refractivity contribution is 5.32. The molecule has 1 aromatic heterocycles. The zero-order valence-corrected chi connectivity index (χ0v) is 12.3. The van der Waals surface area contributed by atoms with E-state index in [1.54, 1.807) is 13.4 Å². The molecule has 0 amide bonds. The van der Waals surface area contributed by atoms with E-state index in [1.807, 2.05) is 12.3 Å². The van der Waals surface area contributed by atoms with Crippen molar-refractivity contribution in [3.63, 3.8) is 0 Å². The van der Waals surface area contributed by atoms with Crippen LogP contribution >= 0.6 is 0 Å². The molecule has 3 heteroatoms. The average molecular weight is 273 g/mol. The second-order valence-electron chi connectivity index (χ2n) is 4.93. The Kier molecular flexibility index (Phi) is 5.84. The van der Waals surface area contributed by atoms with Crippen LogP contribution in [-0.2, 0) is 11.2 Å². The fraction of sp³-hybridized carbons (Fsp3) is 0.412. The molecule has 0 bridgehead atoms. The zero-order chi connectivity index (χ0) is 14.2. The summed E-state index contributed by atoms with van der Waals surface area (Å²) >= 11 is 0. The summed E-state index contributed by atoms with van der Waals surface area (Å²) < 4.78 is 10.3. The van der Waals surface area contributed by atoms with E-state index in [4.69, 9.17) is 9.15 Å². The van der Waals surface area contributed by atoms with E-state index in [0.29, 0.717) is 0 Å². The summed E-state index contributed by atoms with van der Waals surface area (Å²) in [7, 11) is 1.73. The van der Waals surface area contributed by atoms with Crippen LogP contribution in [0, 0.1) is 0 Å². The molecule has 1 unspecified atom stereocenters. The number of nitrogens with one attached hydrogen (secondary N) is 1. The van der Waals surface area contributed by atoms with E-state index in [1.165, 1.54) is 16.7 Å². The molecule has 20 heavy (non-hydrogen) atoms. The second kappa shape index (κ2) is 7.88. The lowest BCUT2D eigenvalue weighted by atomic mass is 9.99. The predicted molar refractivity (Wildman–Crippen MR) is 80.9 cm³/mol. The van der Waals surface area contributed by atoms with Gasteiger partial charge in [-0.05, 0) is 36.6 Å². The minimum atomic E-state index is 0.199. The monoisotopic (exact) mass is 273 g/mol. The zero-order valence-electron chi connectivity index (χ0n) is 12.3. The van der Waals surface area contributed by atoms with Gasteiger partial charge in [0.15, 0.2) is 0 Å². The van der Waals surface area contributed by atoms with Crippen LogP contribution in [0.15, 0.2) is 47.3 Å². The molecule has 1 atom stereocenters. The first-order valence-corrected chi connectivity index (χ1v) is 7.18. The summed E-state index contributed by atoms with van der Waals surface area (Å²) in [6.45, 7) is 3.92. The predicted octanol–water partition coefficient (Wildman–Crippen LogP) is 3.56. The van der Waals surface area contributed by atoms with Crippen molar-refractivity contribution < 1.29 is 9.15 Å². The lowest BCUT2D eigenvalue weighted by Gasteiger charge is -2.18. The Morgan fingerprint density at radius 1 is 1.15 bits per heavy atom. The lowest BCUT2D eigenvalue weighted by Crippen LogP contribution is -2.22. The Hall–Kier alpha value is -1.58. The van der Waals surface area contributed by atoms with Gasteiger partial charge in [0.1, 0.15) is 0 Å². The van der Waals surface area contributed by atoms with E-state index in [-0.39, 0.29) is 6.04 Å². The molecule has 3 nitrogen and oxygen atoms in total. The van der Waals surface area contributed by atoms with Crippen LogP contribution in [-0.4, -0.2) is 20.3 Å². The molecule has 0 spiro atoms. The molecule has 0 aliphatic carbocycles. The molecule has 108 valence electrons. The van der Waals surface area contributed by atoms with E-state index in [2.05, 4.69) is 36.5 Å². The average Bonchev–Trinajstić information content (AvgIpc) is 3.01. The van der Waals surface area contributed by atoms with Crippen molar-refractivity contribution >= 4 is 0 Å². The molecule has 0 saturated heterocycles. The number of rotatable bonds is 8. The first-order valence-electron chi connectivity index (χ1n) is 7.18. The Morgan fingerprint density at radius 3 is 2.55 bits per heavy atom. The molecule has 0 fully saturated rings. The third kappa shape index (κ3) is 3.95. The SMILES string of the molecule is CCCNC(c1ccc(CCOC)cc1)c1ccoc1. The number of furan rings is 1. The molecule has 1 N–H and O–H groups in total. The first-order chi connectivity index (χ1) is 9.85. The van der Waals surface area contributed by atoms with Gasteiger partial charge in [0.05, 0.1) is 25.2 Å². The third-order valence-corrected chi connectivity index (χ3v) is 3.38. The van der Waals surface area contributed by atoms with Crippen molar-refractivity contribution in [2.24, 2.45) is 0 Å². The minimum absolute atomic E-state index is 0.199. The van der Waals surface area contributed by atoms with Gasteiger partial charge >= 0.3 is 0 Å². The van der Waals surface area contributed by atoms with Crippen molar-refractivity contribution in [3.8, 4) is 0 Å². The van der Waals surface area contributed by atoms with E-state index < -0.39 is 0 Å². The van der Waals surface area contributed by atoms with Crippen molar-refractivity contribution in [2.45, 2.75) is 25.8 Å². The van der Waals surface area contributed by atoms with Crippen LogP contribution in [0.5, 0.6) is 0 Å².